The van der Waals surface area contributed by atoms with E-state index in [0.29, 0.717) is 4.47 Å². The Morgan fingerprint density at radius 1 is 0.962 bits per heavy atom. The summed E-state index contributed by atoms with van der Waals surface area (Å²) in [5, 5.41) is 4.91. The molecule has 0 fully saturated rings. The zero-order chi connectivity index (χ0) is 19.5. The second kappa shape index (κ2) is 7.82. The quantitative estimate of drug-likeness (QED) is 0.696. The largest absolute Gasteiger partial charge is 0.444 e. The summed E-state index contributed by atoms with van der Waals surface area (Å²) in [6.07, 6.45) is -0.758. The molecule has 5 nitrogen and oxygen atoms in total. The first kappa shape index (κ1) is 19.8. The van der Waals surface area contributed by atoms with Crippen molar-refractivity contribution < 1.29 is 23.1 Å². The highest BCUT2D eigenvalue weighted by Gasteiger charge is 2.19. The summed E-state index contributed by atoms with van der Waals surface area (Å²) in [6, 6.07) is 7.07. The van der Waals surface area contributed by atoms with Crippen molar-refractivity contribution in [2.24, 2.45) is 0 Å². The number of amides is 2. The molecule has 0 aliphatic carbocycles. The van der Waals surface area contributed by atoms with Gasteiger partial charge in [-0.25, -0.2) is 13.6 Å². The number of nitrogens with one attached hydrogen (secondary N) is 2. The van der Waals surface area contributed by atoms with Gasteiger partial charge in [-0.15, -0.1) is 0 Å². The number of hydrogen-bond acceptors (Lipinski definition) is 3. The van der Waals surface area contributed by atoms with Gasteiger partial charge in [0.2, 0.25) is 0 Å². The van der Waals surface area contributed by atoms with E-state index in [4.69, 9.17) is 4.74 Å². The maximum atomic E-state index is 13.6. The topological polar surface area (TPSA) is 67.4 Å². The molecule has 0 atom stereocenters. The molecule has 2 N–H and O–H groups in total. The minimum absolute atomic E-state index is 0.0111. The molecule has 0 heterocycles. The Hall–Kier alpha value is -2.48. The van der Waals surface area contributed by atoms with E-state index in [1.165, 1.54) is 18.2 Å². The number of hydrogen-bond donors (Lipinski definition) is 2. The van der Waals surface area contributed by atoms with Gasteiger partial charge in [0.25, 0.3) is 5.91 Å². The Balaban J connectivity index is 2.26. The number of anilines is 2. The maximum Gasteiger partial charge on any atom is 0.412 e. The monoisotopic (exact) mass is 426 g/mol. The van der Waals surface area contributed by atoms with Crippen molar-refractivity contribution in [3.8, 4) is 0 Å². The first-order valence-corrected chi connectivity index (χ1v) is 8.40. The summed E-state index contributed by atoms with van der Waals surface area (Å²) in [7, 11) is 0. The minimum Gasteiger partial charge on any atom is -0.444 e. The number of carbonyl (C=O) groups is 2. The molecule has 2 aromatic rings. The summed E-state index contributed by atoms with van der Waals surface area (Å²) in [6.45, 7) is 5.09. The second-order valence-electron chi connectivity index (χ2n) is 6.40. The third-order valence-corrected chi connectivity index (χ3v) is 3.73. The van der Waals surface area contributed by atoms with Gasteiger partial charge in [-0.3, -0.25) is 10.1 Å². The molecule has 2 amide bonds. The minimum atomic E-state index is -0.758. The third-order valence-electron chi connectivity index (χ3n) is 3.04. The maximum absolute atomic E-state index is 13.6. The van der Waals surface area contributed by atoms with E-state index in [-0.39, 0.29) is 16.9 Å². The van der Waals surface area contributed by atoms with Crippen LogP contribution in [0.5, 0.6) is 0 Å². The molecule has 0 bridgehead atoms. The molecule has 0 radical (unpaired) electrons. The summed E-state index contributed by atoms with van der Waals surface area (Å²) >= 11 is 3.16. The van der Waals surface area contributed by atoms with Gasteiger partial charge < -0.3 is 10.1 Å². The summed E-state index contributed by atoms with van der Waals surface area (Å²) in [5.74, 6) is -1.88. The van der Waals surface area contributed by atoms with Crippen LogP contribution < -0.4 is 10.6 Å². The SMILES string of the molecule is CC(C)(C)OC(=O)Nc1ccc(F)cc1NC(=O)c1cc(F)ccc1Br. The number of halogens is 3. The van der Waals surface area contributed by atoms with E-state index in [2.05, 4.69) is 26.6 Å². The summed E-state index contributed by atoms with van der Waals surface area (Å²) < 4.78 is 32.5. The number of ether oxygens (including phenoxy) is 1. The summed E-state index contributed by atoms with van der Waals surface area (Å²) in [4.78, 5) is 24.3. The molecule has 0 aromatic heterocycles. The lowest BCUT2D eigenvalue weighted by molar-refractivity contribution is 0.0635. The zero-order valence-corrected chi connectivity index (χ0v) is 15.9. The first-order valence-electron chi connectivity index (χ1n) is 7.61. The first-order chi connectivity index (χ1) is 12.0. The lowest BCUT2D eigenvalue weighted by Crippen LogP contribution is -2.27. The standard InChI is InChI=1S/C18H17BrF2N2O3/c1-18(2,3)26-17(25)23-14-7-5-11(21)9-15(14)22-16(24)12-8-10(20)4-6-13(12)19/h4-9H,1-3H3,(H,22,24)(H,23,25). The third kappa shape index (κ3) is 5.52. The molecule has 2 aromatic carbocycles. The van der Waals surface area contributed by atoms with Gasteiger partial charge in [0.05, 0.1) is 16.9 Å². The molecule has 0 aliphatic heterocycles. The molecule has 2 rings (SSSR count). The highest BCUT2D eigenvalue weighted by molar-refractivity contribution is 9.10. The average molecular weight is 427 g/mol. The molecular formula is C18H17BrF2N2O3. The molecule has 0 saturated heterocycles. The fourth-order valence-corrected chi connectivity index (χ4v) is 2.43. The van der Waals surface area contributed by atoms with Crippen LogP contribution in [-0.2, 0) is 4.74 Å². The molecule has 0 saturated carbocycles. The van der Waals surface area contributed by atoms with E-state index in [1.807, 2.05) is 0 Å². The predicted octanol–water partition coefficient (Wildman–Crippen LogP) is 5.33. The van der Waals surface area contributed by atoms with Gasteiger partial charge >= 0.3 is 6.09 Å². The van der Waals surface area contributed by atoms with Crippen molar-refractivity contribution in [2.45, 2.75) is 26.4 Å². The van der Waals surface area contributed by atoms with Gasteiger partial charge in [-0.2, -0.15) is 0 Å². The van der Waals surface area contributed by atoms with Crippen LogP contribution in [0, 0.1) is 11.6 Å². The highest BCUT2D eigenvalue weighted by Crippen LogP contribution is 2.26. The Bertz CT molecular complexity index is 851. The van der Waals surface area contributed by atoms with Crippen molar-refractivity contribution in [1.82, 2.24) is 0 Å². The zero-order valence-electron chi connectivity index (χ0n) is 14.3. The van der Waals surface area contributed by atoms with Crippen LogP contribution in [0.4, 0.5) is 25.0 Å². The van der Waals surface area contributed by atoms with Crippen molar-refractivity contribution in [3.05, 3.63) is 58.1 Å². The molecular weight excluding hydrogens is 410 g/mol. The van der Waals surface area contributed by atoms with Crippen LogP contribution in [0.2, 0.25) is 0 Å². The highest BCUT2D eigenvalue weighted by atomic mass is 79.9. The molecule has 138 valence electrons. The lowest BCUT2D eigenvalue weighted by atomic mass is 10.2. The van der Waals surface area contributed by atoms with Crippen molar-refractivity contribution >= 4 is 39.3 Å². The fraction of sp³-hybridized carbons (Fsp3) is 0.222. The number of benzene rings is 2. The van der Waals surface area contributed by atoms with Crippen LogP contribution in [-0.4, -0.2) is 17.6 Å². The van der Waals surface area contributed by atoms with E-state index in [1.54, 1.807) is 20.8 Å². The van der Waals surface area contributed by atoms with E-state index in [9.17, 15) is 18.4 Å². The Morgan fingerprint density at radius 3 is 2.23 bits per heavy atom. The van der Waals surface area contributed by atoms with Gasteiger partial charge in [-0.1, -0.05) is 0 Å². The lowest BCUT2D eigenvalue weighted by Gasteiger charge is -2.20. The van der Waals surface area contributed by atoms with Gasteiger partial charge in [0.1, 0.15) is 17.2 Å². The van der Waals surface area contributed by atoms with Gasteiger partial charge in [-0.05, 0) is 73.1 Å². The second-order valence-corrected chi connectivity index (χ2v) is 7.25. The van der Waals surface area contributed by atoms with Gasteiger partial charge in [0, 0.05) is 4.47 Å². The summed E-state index contributed by atoms with van der Waals surface area (Å²) in [5.41, 5.74) is -0.545. The number of carbonyl (C=O) groups excluding carboxylic acids is 2. The Morgan fingerprint density at radius 2 is 1.58 bits per heavy atom. The number of rotatable bonds is 3. The van der Waals surface area contributed by atoms with E-state index >= 15 is 0 Å². The van der Waals surface area contributed by atoms with Crippen LogP contribution in [0.25, 0.3) is 0 Å². The molecule has 0 aliphatic rings. The molecule has 8 heteroatoms. The van der Waals surface area contributed by atoms with Gasteiger partial charge in [0.15, 0.2) is 0 Å². The smallest absolute Gasteiger partial charge is 0.412 e. The van der Waals surface area contributed by atoms with Crippen molar-refractivity contribution in [3.63, 3.8) is 0 Å². The molecule has 26 heavy (non-hydrogen) atoms. The Kier molecular flexibility index (Phi) is 5.97. The van der Waals surface area contributed by atoms with Crippen molar-refractivity contribution in [1.29, 1.82) is 0 Å². The average Bonchev–Trinajstić information content (AvgIpc) is 2.50. The van der Waals surface area contributed by atoms with Crippen LogP contribution in [0.15, 0.2) is 40.9 Å². The van der Waals surface area contributed by atoms with E-state index in [0.717, 1.165) is 18.2 Å². The van der Waals surface area contributed by atoms with Crippen LogP contribution in [0.3, 0.4) is 0 Å². The molecule has 0 spiro atoms. The van der Waals surface area contributed by atoms with Crippen molar-refractivity contribution in [2.75, 3.05) is 10.6 Å². The van der Waals surface area contributed by atoms with Crippen LogP contribution >= 0.6 is 15.9 Å². The normalized spacial score (nSPS) is 11.0. The fourth-order valence-electron chi connectivity index (χ4n) is 2.00. The molecule has 0 unspecified atom stereocenters. The van der Waals surface area contributed by atoms with Crippen LogP contribution in [0.1, 0.15) is 31.1 Å². The predicted molar refractivity (Wildman–Crippen MR) is 98.3 cm³/mol. The van der Waals surface area contributed by atoms with E-state index < -0.39 is 29.2 Å². The Labute approximate surface area is 157 Å².